The Morgan fingerprint density at radius 1 is 1.00 bits per heavy atom. The first-order valence-electron chi connectivity index (χ1n) is 6.69. The molecule has 0 saturated carbocycles. The lowest BCUT2D eigenvalue weighted by Gasteiger charge is -2.09. The van der Waals surface area contributed by atoms with Crippen LogP contribution in [0.5, 0.6) is 0 Å². The van der Waals surface area contributed by atoms with Crippen LogP contribution in [0.15, 0.2) is 59.1 Å². The van der Waals surface area contributed by atoms with E-state index in [-0.39, 0.29) is 0 Å². The minimum atomic E-state index is 0.334. The third-order valence-electron chi connectivity index (χ3n) is 3.40. The van der Waals surface area contributed by atoms with Crippen molar-refractivity contribution in [2.24, 2.45) is 0 Å². The first-order chi connectivity index (χ1) is 9.78. The van der Waals surface area contributed by atoms with Crippen molar-refractivity contribution in [3.05, 3.63) is 60.2 Å². The van der Waals surface area contributed by atoms with Gasteiger partial charge in [-0.2, -0.15) is 0 Å². The van der Waals surface area contributed by atoms with Crippen LogP contribution in [0.1, 0.15) is 12.5 Å². The van der Waals surface area contributed by atoms with E-state index in [9.17, 15) is 0 Å². The highest BCUT2D eigenvalue weighted by Gasteiger charge is 2.09. The van der Waals surface area contributed by atoms with Gasteiger partial charge in [0.15, 0.2) is 0 Å². The van der Waals surface area contributed by atoms with Crippen LogP contribution in [0, 0.1) is 0 Å². The van der Waals surface area contributed by atoms with Gasteiger partial charge in [-0.25, -0.2) is 0 Å². The summed E-state index contributed by atoms with van der Waals surface area (Å²) in [6.45, 7) is 2.16. The number of nitrogen functional groups attached to an aromatic ring is 1. The normalized spacial score (nSPS) is 10.7. The first kappa shape index (κ1) is 12.5. The molecule has 2 aromatic carbocycles. The van der Waals surface area contributed by atoms with Crippen LogP contribution in [0.3, 0.4) is 0 Å². The number of aromatic nitrogens is 1. The molecule has 3 rings (SSSR count). The Labute approximate surface area is 118 Å². The molecule has 0 atom stereocenters. The van der Waals surface area contributed by atoms with E-state index in [1.165, 1.54) is 16.7 Å². The van der Waals surface area contributed by atoms with E-state index in [1.807, 2.05) is 6.07 Å². The van der Waals surface area contributed by atoms with Gasteiger partial charge >= 0.3 is 0 Å². The summed E-state index contributed by atoms with van der Waals surface area (Å²) >= 11 is 0. The van der Waals surface area contributed by atoms with Crippen LogP contribution in [-0.4, -0.2) is 5.16 Å². The molecule has 0 amide bonds. The Balaban J connectivity index is 2.12. The summed E-state index contributed by atoms with van der Waals surface area (Å²) in [5.41, 5.74) is 11.1. The van der Waals surface area contributed by atoms with E-state index in [0.29, 0.717) is 5.88 Å². The predicted octanol–water partition coefficient (Wildman–Crippen LogP) is 4.15. The molecule has 0 aliphatic rings. The Kier molecular flexibility index (Phi) is 3.25. The van der Waals surface area contributed by atoms with Gasteiger partial charge in [-0.1, -0.05) is 54.5 Å². The molecule has 0 aliphatic carbocycles. The van der Waals surface area contributed by atoms with E-state index < -0.39 is 0 Å². The molecule has 0 aliphatic heterocycles. The van der Waals surface area contributed by atoms with Gasteiger partial charge in [0.2, 0.25) is 5.88 Å². The standard InChI is InChI=1S/C17H16N2O/c1-2-12-8-9-14(16-11-17(18)20-19-16)10-15(12)13-6-4-3-5-7-13/h3-11H,2,18H2,1H3. The van der Waals surface area contributed by atoms with Crippen molar-refractivity contribution in [3.63, 3.8) is 0 Å². The fourth-order valence-electron chi connectivity index (χ4n) is 2.36. The van der Waals surface area contributed by atoms with Crippen LogP contribution in [0.4, 0.5) is 5.88 Å². The van der Waals surface area contributed by atoms with E-state index in [0.717, 1.165) is 17.7 Å². The SMILES string of the molecule is CCc1ccc(-c2cc(N)on2)cc1-c1ccccc1. The molecule has 0 fully saturated rings. The number of rotatable bonds is 3. The fourth-order valence-corrected chi connectivity index (χ4v) is 2.36. The van der Waals surface area contributed by atoms with E-state index in [4.69, 9.17) is 10.3 Å². The number of hydrogen-bond acceptors (Lipinski definition) is 3. The Hall–Kier alpha value is -2.55. The number of aryl methyl sites for hydroxylation is 1. The fraction of sp³-hybridized carbons (Fsp3) is 0.118. The van der Waals surface area contributed by atoms with Crippen molar-refractivity contribution in [2.45, 2.75) is 13.3 Å². The summed E-state index contributed by atoms with van der Waals surface area (Å²) in [5, 5.41) is 3.98. The molecule has 0 bridgehead atoms. The molecular formula is C17H16N2O. The van der Waals surface area contributed by atoms with Gasteiger partial charge in [0.1, 0.15) is 5.69 Å². The molecule has 3 heteroatoms. The van der Waals surface area contributed by atoms with Gasteiger partial charge in [0, 0.05) is 11.6 Å². The number of benzene rings is 2. The highest BCUT2D eigenvalue weighted by molar-refractivity contribution is 5.74. The van der Waals surface area contributed by atoms with Crippen LogP contribution in [-0.2, 0) is 6.42 Å². The molecule has 0 saturated heterocycles. The Bertz CT molecular complexity index is 717. The largest absolute Gasteiger partial charge is 0.368 e. The van der Waals surface area contributed by atoms with Crippen molar-refractivity contribution in [1.82, 2.24) is 5.16 Å². The predicted molar refractivity (Wildman–Crippen MR) is 81.2 cm³/mol. The second-order valence-electron chi connectivity index (χ2n) is 4.71. The molecule has 0 unspecified atom stereocenters. The molecular weight excluding hydrogens is 248 g/mol. The molecule has 100 valence electrons. The lowest BCUT2D eigenvalue weighted by molar-refractivity contribution is 0.439. The van der Waals surface area contributed by atoms with Gasteiger partial charge in [-0.05, 0) is 29.2 Å². The molecule has 0 spiro atoms. The highest BCUT2D eigenvalue weighted by Crippen LogP contribution is 2.30. The van der Waals surface area contributed by atoms with Crippen LogP contribution >= 0.6 is 0 Å². The topological polar surface area (TPSA) is 52.0 Å². The second-order valence-corrected chi connectivity index (χ2v) is 4.71. The molecule has 1 aromatic heterocycles. The number of hydrogen-bond donors (Lipinski definition) is 1. The minimum absolute atomic E-state index is 0.334. The molecule has 3 aromatic rings. The van der Waals surface area contributed by atoms with Gasteiger partial charge in [0.05, 0.1) is 0 Å². The molecule has 20 heavy (non-hydrogen) atoms. The average Bonchev–Trinajstić information content (AvgIpc) is 2.94. The van der Waals surface area contributed by atoms with Crippen LogP contribution in [0.2, 0.25) is 0 Å². The number of anilines is 1. The number of nitrogens with two attached hydrogens (primary N) is 1. The molecule has 1 heterocycles. The maximum absolute atomic E-state index is 5.59. The third kappa shape index (κ3) is 2.30. The zero-order valence-corrected chi connectivity index (χ0v) is 11.3. The lowest BCUT2D eigenvalue weighted by Crippen LogP contribution is -1.89. The van der Waals surface area contributed by atoms with Crippen molar-refractivity contribution < 1.29 is 4.52 Å². The van der Waals surface area contributed by atoms with Gasteiger partial charge < -0.3 is 10.3 Å². The summed E-state index contributed by atoms with van der Waals surface area (Å²) < 4.78 is 4.95. The summed E-state index contributed by atoms with van der Waals surface area (Å²) in [6.07, 6.45) is 0.992. The number of nitrogens with zero attached hydrogens (tertiary/aromatic N) is 1. The van der Waals surface area contributed by atoms with Crippen LogP contribution in [0.25, 0.3) is 22.4 Å². The van der Waals surface area contributed by atoms with Gasteiger partial charge in [0.25, 0.3) is 0 Å². The highest BCUT2D eigenvalue weighted by atomic mass is 16.5. The van der Waals surface area contributed by atoms with Crippen molar-refractivity contribution in [1.29, 1.82) is 0 Å². The summed E-state index contributed by atoms with van der Waals surface area (Å²) in [5.74, 6) is 0.334. The van der Waals surface area contributed by atoms with E-state index >= 15 is 0 Å². The molecule has 2 N–H and O–H groups in total. The first-order valence-corrected chi connectivity index (χ1v) is 6.69. The maximum atomic E-state index is 5.59. The van der Waals surface area contributed by atoms with Crippen LogP contribution < -0.4 is 5.73 Å². The quantitative estimate of drug-likeness (QED) is 0.773. The lowest BCUT2D eigenvalue weighted by atomic mass is 9.95. The van der Waals surface area contributed by atoms with Gasteiger partial charge in [-0.3, -0.25) is 0 Å². The van der Waals surface area contributed by atoms with Crippen molar-refractivity contribution in [3.8, 4) is 22.4 Å². The second kappa shape index (κ2) is 5.21. The van der Waals surface area contributed by atoms with Crippen molar-refractivity contribution >= 4 is 5.88 Å². The Morgan fingerprint density at radius 3 is 2.45 bits per heavy atom. The molecule has 0 radical (unpaired) electrons. The maximum Gasteiger partial charge on any atom is 0.222 e. The summed E-state index contributed by atoms with van der Waals surface area (Å²) in [4.78, 5) is 0. The molecule has 3 nitrogen and oxygen atoms in total. The monoisotopic (exact) mass is 264 g/mol. The van der Waals surface area contributed by atoms with E-state index in [2.05, 4.69) is 54.5 Å². The minimum Gasteiger partial charge on any atom is -0.368 e. The Morgan fingerprint density at radius 2 is 1.80 bits per heavy atom. The van der Waals surface area contributed by atoms with Crippen molar-refractivity contribution in [2.75, 3.05) is 5.73 Å². The zero-order chi connectivity index (χ0) is 13.9. The summed E-state index contributed by atoms with van der Waals surface area (Å²) in [6, 6.07) is 18.5. The van der Waals surface area contributed by atoms with Gasteiger partial charge in [-0.15, -0.1) is 0 Å². The third-order valence-corrected chi connectivity index (χ3v) is 3.40. The smallest absolute Gasteiger partial charge is 0.222 e. The average molecular weight is 264 g/mol. The summed E-state index contributed by atoms with van der Waals surface area (Å²) in [7, 11) is 0. The zero-order valence-electron chi connectivity index (χ0n) is 11.3. The van der Waals surface area contributed by atoms with E-state index in [1.54, 1.807) is 6.07 Å².